The van der Waals surface area contributed by atoms with Gasteiger partial charge in [-0.15, -0.1) is 0 Å². The Morgan fingerprint density at radius 3 is 2.07 bits per heavy atom. The van der Waals surface area contributed by atoms with E-state index in [4.69, 9.17) is 9.47 Å². The number of benzene rings is 1. The molecule has 2 aromatic rings. The molecule has 0 saturated carbocycles. The van der Waals surface area contributed by atoms with E-state index in [0.717, 1.165) is 0 Å². The van der Waals surface area contributed by atoms with Crippen molar-refractivity contribution in [2.24, 2.45) is 0 Å². The zero-order valence-electron chi connectivity index (χ0n) is 17.2. The van der Waals surface area contributed by atoms with Crippen LogP contribution in [-0.2, 0) is 16.0 Å². The molecule has 7 heteroatoms. The quantitative estimate of drug-likeness (QED) is 0.672. The molecule has 1 aliphatic rings. The van der Waals surface area contributed by atoms with Crippen molar-refractivity contribution in [2.75, 3.05) is 6.54 Å². The molecule has 0 fully saturated rings. The highest BCUT2D eigenvalue weighted by Gasteiger charge is 2.36. The first kappa shape index (κ1) is 19.9. The number of carbonyl (C=O) groups is 3. The third-order valence-electron chi connectivity index (χ3n) is 4.15. The first-order chi connectivity index (χ1) is 12.9. The molecule has 28 heavy (non-hydrogen) atoms. The van der Waals surface area contributed by atoms with Crippen LogP contribution in [0.2, 0.25) is 0 Å². The summed E-state index contributed by atoms with van der Waals surface area (Å²) in [7, 11) is 0. The highest BCUT2D eigenvalue weighted by Crippen LogP contribution is 2.32. The minimum absolute atomic E-state index is 0.0872. The summed E-state index contributed by atoms with van der Waals surface area (Å²) in [5.74, 6) is -0.231. The summed E-state index contributed by atoms with van der Waals surface area (Å²) in [6, 6.07) is 7.18. The maximum Gasteiger partial charge on any atom is 0.419 e. The van der Waals surface area contributed by atoms with Gasteiger partial charge in [0.25, 0.3) is 0 Å². The van der Waals surface area contributed by atoms with E-state index in [1.165, 1.54) is 9.47 Å². The van der Waals surface area contributed by atoms with Gasteiger partial charge in [0.1, 0.15) is 11.2 Å². The van der Waals surface area contributed by atoms with Crippen LogP contribution in [-0.4, -0.2) is 45.2 Å². The van der Waals surface area contributed by atoms with E-state index in [9.17, 15) is 14.4 Å². The lowest BCUT2D eigenvalue weighted by molar-refractivity contribution is 0.0210. The number of aromatic nitrogens is 1. The van der Waals surface area contributed by atoms with E-state index < -0.39 is 23.4 Å². The number of ether oxygens (including phenoxy) is 2. The molecule has 1 amide bonds. The maximum absolute atomic E-state index is 12.9. The Balaban J connectivity index is 2.09. The second-order valence-corrected chi connectivity index (χ2v) is 8.91. The molecule has 2 heterocycles. The average Bonchev–Trinajstić information content (AvgIpc) is 2.86. The van der Waals surface area contributed by atoms with Crippen molar-refractivity contribution in [1.29, 1.82) is 0 Å². The van der Waals surface area contributed by atoms with Crippen LogP contribution >= 0.6 is 0 Å². The largest absolute Gasteiger partial charge is 0.444 e. The molecular formula is C21H26N2O5. The zero-order chi connectivity index (χ0) is 20.9. The van der Waals surface area contributed by atoms with E-state index in [1.807, 2.05) is 6.07 Å². The van der Waals surface area contributed by atoms with E-state index >= 15 is 0 Å². The molecule has 7 nitrogen and oxygen atoms in total. The van der Waals surface area contributed by atoms with E-state index in [-0.39, 0.29) is 18.9 Å². The molecule has 1 aromatic heterocycles. The standard InChI is InChI=1S/C21H26N2O5/c1-20(2,3)27-18(25)22-11-15-17(16(24)12-22)13-9-7-8-10-14(13)23(15)19(26)28-21(4,5)6/h7-10H,11-12H2,1-6H3. The zero-order valence-corrected chi connectivity index (χ0v) is 17.2. The van der Waals surface area contributed by atoms with Crippen LogP contribution < -0.4 is 0 Å². The van der Waals surface area contributed by atoms with Gasteiger partial charge in [0.05, 0.1) is 29.9 Å². The summed E-state index contributed by atoms with van der Waals surface area (Å²) < 4.78 is 12.3. The Labute approximate surface area is 164 Å². The van der Waals surface area contributed by atoms with Crippen molar-refractivity contribution < 1.29 is 23.9 Å². The fourth-order valence-electron chi connectivity index (χ4n) is 3.21. The summed E-state index contributed by atoms with van der Waals surface area (Å²) in [6.07, 6.45) is -1.17. The van der Waals surface area contributed by atoms with Crippen molar-refractivity contribution in [2.45, 2.75) is 59.3 Å². The predicted octanol–water partition coefficient (Wildman–Crippen LogP) is 4.36. The summed E-state index contributed by atoms with van der Waals surface area (Å²) >= 11 is 0. The molecule has 1 aliphatic heterocycles. The normalized spacial score (nSPS) is 14.8. The van der Waals surface area contributed by atoms with Crippen LogP contribution in [0.25, 0.3) is 10.9 Å². The van der Waals surface area contributed by atoms with Gasteiger partial charge in [0.2, 0.25) is 0 Å². The van der Waals surface area contributed by atoms with Gasteiger partial charge in [-0.2, -0.15) is 0 Å². The molecule has 0 saturated heterocycles. The van der Waals surface area contributed by atoms with Crippen molar-refractivity contribution >= 4 is 28.9 Å². The smallest absolute Gasteiger partial charge is 0.419 e. The number of carbonyl (C=O) groups excluding carboxylic acids is 3. The van der Waals surface area contributed by atoms with E-state index in [1.54, 1.807) is 59.7 Å². The van der Waals surface area contributed by atoms with Crippen LogP contribution in [0.3, 0.4) is 0 Å². The van der Waals surface area contributed by atoms with Crippen molar-refractivity contribution in [1.82, 2.24) is 9.47 Å². The second-order valence-electron chi connectivity index (χ2n) is 8.91. The summed E-state index contributed by atoms with van der Waals surface area (Å²) in [6.45, 7) is 10.6. The van der Waals surface area contributed by atoms with Crippen molar-refractivity contribution in [3.63, 3.8) is 0 Å². The van der Waals surface area contributed by atoms with Crippen molar-refractivity contribution in [3.8, 4) is 0 Å². The minimum Gasteiger partial charge on any atom is -0.444 e. The van der Waals surface area contributed by atoms with Gasteiger partial charge in [-0.25, -0.2) is 14.2 Å². The number of fused-ring (bicyclic) bond motifs is 3. The van der Waals surface area contributed by atoms with Gasteiger partial charge in [0, 0.05) is 5.39 Å². The van der Waals surface area contributed by atoms with Gasteiger partial charge >= 0.3 is 12.2 Å². The van der Waals surface area contributed by atoms with Crippen LogP contribution in [0.1, 0.15) is 57.6 Å². The second kappa shape index (κ2) is 6.65. The molecule has 0 unspecified atom stereocenters. The fraction of sp³-hybridized carbons (Fsp3) is 0.476. The summed E-state index contributed by atoms with van der Waals surface area (Å²) in [4.78, 5) is 39.6. The number of Topliss-reactive ketones (excluding diaryl/α,β-unsaturated/α-hetero) is 1. The van der Waals surface area contributed by atoms with Crippen LogP contribution in [0.15, 0.2) is 24.3 Å². The summed E-state index contributed by atoms with van der Waals surface area (Å²) in [5.41, 5.74) is 0.108. The van der Waals surface area contributed by atoms with E-state index in [0.29, 0.717) is 22.2 Å². The Morgan fingerprint density at radius 2 is 1.46 bits per heavy atom. The Kier molecular flexibility index (Phi) is 4.73. The topological polar surface area (TPSA) is 77.8 Å². The van der Waals surface area contributed by atoms with Gasteiger partial charge in [-0.1, -0.05) is 18.2 Å². The van der Waals surface area contributed by atoms with Gasteiger partial charge < -0.3 is 9.47 Å². The fourth-order valence-corrected chi connectivity index (χ4v) is 3.21. The monoisotopic (exact) mass is 386 g/mol. The minimum atomic E-state index is -0.696. The maximum atomic E-state index is 12.9. The number of hydrogen-bond acceptors (Lipinski definition) is 5. The average molecular weight is 386 g/mol. The number of para-hydroxylation sites is 1. The Bertz CT molecular complexity index is 960. The third-order valence-corrected chi connectivity index (χ3v) is 4.15. The number of rotatable bonds is 0. The number of nitrogens with zero attached hydrogens (tertiary/aromatic N) is 2. The molecule has 150 valence electrons. The first-order valence-corrected chi connectivity index (χ1v) is 9.24. The van der Waals surface area contributed by atoms with Gasteiger partial charge in [-0.3, -0.25) is 9.69 Å². The highest BCUT2D eigenvalue weighted by molar-refractivity contribution is 6.13. The van der Waals surface area contributed by atoms with Crippen molar-refractivity contribution in [3.05, 3.63) is 35.5 Å². The van der Waals surface area contributed by atoms with Gasteiger partial charge in [-0.05, 0) is 47.6 Å². The lowest BCUT2D eigenvalue weighted by atomic mass is 10.0. The highest BCUT2D eigenvalue weighted by atomic mass is 16.6. The third kappa shape index (κ3) is 3.88. The molecule has 3 rings (SSSR count). The van der Waals surface area contributed by atoms with Crippen LogP contribution in [0.4, 0.5) is 9.59 Å². The lowest BCUT2D eigenvalue weighted by Gasteiger charge is -2.30. The molecular weight excluding hydrogens is 360 g/mol. The molecule has 0 radical (unpaired) electrons. The Morgan fingerprint density at radius 1 is 0.893 bits per heavy atom. The van der Waals surface area contributed by atoms with E-state index in [2.05, 4.69) is 0 Å². The summed E-state index contributed by atoms with van der Waals surface area (Å²) in [5, 5.41) is 0.678. The predicted molar refractivity (Wildman–Crippen MR) is 105 cm³/mol. The molecule has 0 bridgehead atoms. The van der Waals surface area contributed by atoms with Gasteiger partial charge in [0.15, 0.2) is 5.78 Å². The number of ketones is 1. The Hall–Kier alpha value is -2.83. The van der Waals surface area contributed by atoms with Crippen LogP contribution in [0, 0.1) is 0 Å². The van der Waals surface area contributed by atoms with Crippen LogP contribution in [0.5, 0.6) is 0 Å². The SMILES string of the molecule is CC(C)(C)OC(=O)N1CC(=O)c2c(n(C(=O)OC(C)(C)C)c3ccccc23)C1. The number of amides is 1. The molecule has 1 aromatic carbocycles. The molecule has 0 spiro atoms. The first-order valence-electron chi connectivity index (χ1n) is 9.24. The lowest BCUT2D eigenvalue weighted by Crippen LogP contribution is -2.43. The molecule has 0 aliphatic carbocycles. The number of hydrogen-bond donors (Lipinski definition) is 0. The molecule has 0 atom stereocenters. The molecule has 0 N–H and O–H groups in total.